The summed E-state index contributed by atoms with van der Waals surface area (Å²) in [5.74, 6) is 1.23. The van der Waals surface area contributed by atoms with Crippen molar-refractivity contribution in [3.8, 4) is 0 Å². The smallest absolute Gasteiger partial charge is 0.258 e. The highest BCUT2D eigenvalue weighted by molar-refractivity contribution is 7.73. The molecule has 1 saturated carbocycles. The third-order valence-corrected chi connectivity index (χ3v) is 8.97. The zero-order chi connectivity index (χ0) is 24.8. The number of carbonyl (C=O) groups is 1. The first-order valence-electron chi connectivity index (χ1n) is 12.8. The molecular formula is C26H36BN5O2S. The molecular weight excluding hydrogens is 457 g/mol. The van der Waals surface area contributed by atoms with Gasteiger partial charge in [0.2, 0.25) is 0 Å². The average molecular weight is 493 g/mol. The van der Waals surface area contributed by atoms with E-state index in [4.69, 9.17) is 9.76 Å². The molecule has 9 heteroatoms. The van der Waals surface area contributed by atoms with Crippen molar-refractivity contribution in [1.29, 1.82) is 4.78 Å². The van der Waals surface area contributed by atoms with E-state index < -0.39 is 10.6 Å². The van der Waals surface area contributed by atoms with Gasteiger partial charge in [0.1, 0.15) is 19.5 Å². The predicted octanol–water partition coefficient (Wildman–Crippen LogP) is 4.04. The first-order chi connectivity index (χ1) is 16.6. The van der Waals surface area contributed by atoms with Crippen LogP contribution in [0.25, 0.3) is 0 Å². The largest absolute Gasteiger partial charge is 0.371 e. The molecule has 1 amide bonds. The first kappa shape index (κ1) is 24.2. The van der Waals surface area contributed by atoms with Crippen molar-refractivity contribution >= 4 is 41.7 Å². The van der Waals surface area contributed by atoms with Gasteiger partial charge in [0.05, 0.1) is 21.8 Å². The second kappa shape index (κ2) is 9.15. The van der Waals surface area contributed by atoms with E-state index in [0.717, 1.165) is 68.9 Å². The molecule has 0 bridgehead atoms. The topological polar surface area (TPSA) is 89.4 Å². The highest BCUT2D eigenvalue weighted by Crippen LogP contribution is 2.54. The Morgan fingerprint density at radius 2 is 1.69 bits per heavy atom. The lowest BCUT2D eigenvalue weighted by Gasteiger charge is -2.37. The van der Waals surface area contributed by atoms with Crippen molar-refractivity contribution in [2.45, 2.75) is 62.6 Å². The van der Waals surface area contributed by atoms with E-state index >= 15 is 0 Å². The molecule has 3 aliphatic rings. The van der Waals surface area contributed by atoms with Gasteiger partial charge in [-0.15, -0.1) is 0 Å². The quantitative estimate of drug-likeness (QED) is 0.432. The average Bonchev–Trinajstić information content (AvgIpc) is 3.57. The summed E-state index contributed by atoms with van der Waals surface area (Å²) in [4.78, 5) is 23.3. The normalized spacial score (nSPS) is 21.5. The molecule has 2 N–H and O–H groups in total. The Morgan fingerprint density at radius 3 is 2.31 bits per heavy atom. The van der Waals surface area contributed by atoms with E-state index in [1.807, 2.05) is 13.0 Å². The Bertz CT molecular complexity index is 1200. The lowest BCUT2D eigenvalue weighted by atomic mass is 9.64. The van der Waals surface area contributed by atoms with Gasteiger partial charge < -0.3 is 15.1 Å². The van der Waals surface area contributed by atoms with Crippen LogP contribution < -0.4 is 15.1 Å². The Morgan fingerprint density at radius 1 is 1.03 bits per heavy atom. The number of rotatable bonds is 5. The van der Waals surface area contributed by atoms with Crippen molar-refractivity contribution in [2.24, 2.45) is 5.41 Å². The van der Waals surface area contributed by atoms with Crippen molar-refractivity contribution in [1.82, 2.24) is 4.98 Å². The number of pyridine rings is 1. The van der Waals surface area contributed by atoms with E-state index in [-0.39, 0.29) is 5.91 Å². The SMILES string of the molecule is BC1(C)CCN(c2cc(C)cc(NC(=O)c3ccc([SH](=N)=O)cc3N3CCC4(CC3)CC4)n2)CC1. The van der Waals surface area contributed by atoms with Crippen molar-refractivity contribution in [2.75, 3.05) is 41.3 Å². The number of nitrogens with zero attached hydrogens (tertiary/aromatic N) is 3. The number of nitrogens with one attached hydrogen (secondary N) is 2. The molecule has 5 rings (SSSR count). The Balaban J connectivity index is 1.38. The lowest BCUT2D eigenvalue weighted by molar-refractivity contribution is 0.102. The molecule has 1 unspecified atom stereocenters. The second-order valence-electron chi connectivity index (χ2n) is 11.5. The lowest BCUT2D eigenvalue weighted by Crippen LogP contribution is -2.36. The summed E-state index contributed by atoms with van der Waals surface area (Å²) in [6.07, 6.45) is 7.11. The summed E-state index contributed by atoms with van der Waals surface area (Å²) < 4.78 is 19.6. The van der Waals surface area contributed by atoms with Gasteiger partial charge in [-0.25, -0.2) is 9.19 Å². The van der Waals surface area contributed by atoms with E-state index in [0.29, 0.717) is 27.0 Å². The van der Waals surface area contributed by atoms with Gasteiger partial charge in [0.15, 0.2) is 0 Å². The van der Waals surface area contributed by atoms with Gasteiger partial charge in [-0.1, -0.05) is 12.2 Å². The molecule has 7 nitrogen and oxygen atoms in total. The molecule has 1 spiro atoms. The van der Waals surface area contributed by atoms with Crippen LogP contribution in [0.5, 0.6) is 0 Å². The fourth-order valence-corrected chi connectivity index (χ4v) is 5.85. The zero-order valence-electron chi connectivity index (χ0n) is 21.1. The maximum atomic E-state index is 13.5. The zero-order valence-corrected chi connectivity index (χ0v) is 22.0. The van der Waals surface area contributed by atoms with Gasteiger partial charge in [-0.3, -0.25) is 9.57 Å². The fraction of sp³-hybridized carbons (Fsp3) is 0.538. The summed E-state index contributed by atoms with van der Waals surface area (Å²) in [5, 5.41) is 3.39. The molecule has 35 heavy (non-hydrogen) atoms. The molecule has 3 heterocycles. The number of benzene rings is 1. The predicted molar refractivity (Wildman–Crippen MR) is 145 cm³/mol. The summed E-state index contributed by atoms with van der Waals surface area (Å²) >= 11 is 0. The Kier molecular flexibility index (Phi) is 6.32. The molecule has 0 radical (unpaired) electrons. The number of carbonyl (C=O) groups excluding carboxylic acids is 1. The number of amides is 1. The van der Waals surface area contributed by atoms with Gasteiger partial charge in [0, 0.05) is 31.1 Å². The maximum absolute atomic E-state index is 13.5. The van der Waals surface area contributed by atoms with Crippen LogP contribution in [-0.2, 0) is 10.6 Å². The third-order valence-electron chi connectivity index (χ3n) is 8.22. The molecule has 1 aromatic carbocycles. The van der Waals surface area contributed by atoms with Gasteiger partial charge in [0.25, 0.3) is 5.91 Å². The van der Waals surface area contributed by atoms with Gasteiger partial charge in [-0.05, 0) is 86.8 Å². The minimum atomic E-state index is -2.22. The van der Waals surface area contributed by atoms with Crippen LogP contribution in [-0.4, -0.2) is 49.1 Å². The molecule has 1 aromatic heterocycles. The highest BCUT2D eigenvalue weighted by Gasteiger charge is 2.44. The Hall–Kier alpha value is -2.55. The van der Waals surface area contributed by atoms with E-state index in [9.17, 15) is 9.00 Å². The first-order valence-corrected chi connectivity index (χ1v) is 14.0. The summed E-state index contributed by atoms with van der Waals surface area (Å²) in [5.41, 5.74) is 2.89. The molecule has 186 valence electrons. The Labute approximate surface area is 211 Å². The molecule has 1 atom stereocenters. The molecule has 2 saturated heterocycles. The molecule has 2 aromatic rings. The number of thiol groups is 1. The van der Waals surface area contributed by atoms with E-state index in [1.165, 1.54) is 12.8 Å². The highest BCUT2D eigenvalue weighted by atomic mass is 32.2. The van der Waals surface area contributed by atoms with Crippen LogP contribution in [0, 0.1) is 17.1 Å². The van der Waals surface area contributed by atoms with Crippen LogP contribution in [0.2, 0.25) is 5.31 Å². The summed E-state index contributed by atoms with van der Waals surface area (Å²) in [6.45, 7) is 8.04. The molecule has 3 fully saturated rings. The number of hydrogen-bond donors (Lipinski definition) is 3. The van der Waals surface area contributed by atoms with Crippen LogP contribution in [0.3, 0.4) is 0 Å². The van der Waals surface area contributed by atoms with Crippen molar-refractivity contribution in [3.05, 3.63) is 41.5 Å². The van der Waals surface area contributed by atoms with Crippen LogP contribution in [0.15, 0.2) is 35.2 Å². The van der Waals surface area contributed by atoms with Crippen LogP contribution in [0.1, 0.15) is 61.4 Å². The van der Waals surface area contributed by atoms with Crippen LogP contribution >= 0.6 is 0 Å². The second-order valence-corrected chi connectivity index (χ2v) is 12.6. The number of anilines is 3. The third kappa shape index (κ3) is 5.34. The number of piperidine rings is 2. The molecule has 2 aliphatic heterocycles. The van der Waals surface area contributed by atoms with Gasteiger partial charge >= 0.3 is 0 Å². The number of hydrogen-bond acceptors (Lipinski definition) is 6. The summed E-state index contributed by atoms with van der Waals surface area (Å²) in [6, 6.07) is 9.12. The summed E-state index contributed by atoms with van der Waals surface area (Å²) in [7, 11) is 0.0932. The standard InChI is InChI=1S/C26H36BN5O2S/c1-18-15-22(29-23(16-18)32-11-7-25(2,27)8-12-32)30-24(33)20-4-3-19(35(28)34)17-21(20)31-13-9-26(5-6-26)10-14-31/h3-4,15-17,28,35H,5-14,27H2,1-2H3,(H,29,30,33). The van der Waals surface area contributed by atoms with E-state index in [1.54, 1.807) is 18.2 Å². The fourth-order valence-electron chi connectivity index (χ4n) is 5.40. The number of aromatic nitrogens is 1. The van der Waals surface area contributed by atoms with Crippen molar-refractivity contribution < 1.29 is 9.00 Å². The minimum Gasteiger partial charge on any atom is -0.371 e. The van der Waals surface area contributed by atoms with E-state index in [2.05, 4.69) is 36.0 Å². The number of aryl methyl sites for hydroxylation is 1. The van der Waals surface area contributed by atoms with Crippen LogP contribution in [0.4, 0.5) is 17.3 Å². The van der Waals surface area contributed by atoms with Crippen molar-refractivity contribution in [3.63, 3.8) is 0 Å². The monoisotopic (exact) mass is 493 g/mol. The van der Waals surface area contributed by atoms with Gasteiger partial charge in [-0.2, -0.15) is 0 Å². The maximum Gasteiger partial charge on any atom is 0.258 e. The minimum absolute atomic E-state index is 0.220. The molecule has 1 aliphatic carbocycles.